The van der Waals surface area contributed by atoms with E-state index >= 15 is 0 Å². The lowest BCUT2D eigenvalue weighted by molar-refractivity contribution is 0.177. The molecule has 0 saturated heterocycles. The number of benzene rings is 2. The first-order valence-corrected chi connectivity index (χ1v) is 12.1. The Balaban J connectivity index is 2.20. The van der Waals surface area contributed by atoms with Crippen molar-refractivity contribution in [1.82, 2.24) is 4.90 Å². The lowest BCUT2D eigenvalue weighted by Gasteiger charge is -2.35. The van der Waals surface area contributed by atoms with Gasteiger partial charge in [0, 0.05) is 21.5 Å². The summed E-state index contributed by atoms with van der Waals surface area (Å²) in [6.45, 7) is 10.9. The number of hydrogen-bond acceptors (Lipinski definition) is 2. The molecule has 2 atom stereocenters. The van der Waals surface area contributed by atoms with Crippen LogP contribution in [-0.4, -0.2) is 17.5 Å². The van der Waals surface area contributed by atoms with Gasteiger partial charge in [0.05, 0.1) is 11.5 Å². The van der Waals surface area contributed by atoms with E-state index < -0.39 is 5.41 Å². The first-order chi connectivity index (χ1) is 13.8. The molecule has 0 aliphatic heterocycles. The zero-order valence-electron chi connectivity index (χ0n) is 18.0. The molecule has 0 amide bonds. The second kappa shape index (κ2) is 11.3. The smallest absolute Gasteiger partial charge is 0.0846 e. The molecular formula is C25H32Br2N2. The van der Waals surface area contributed by atoms with Crippen molar-refractivity contribution in [3.8, 4) is 6.07 Å². The molecule has 2 nitrogen and oxygen atoms in total. The van der Waals surface area contributed by atoms with E-state index in [1.54, 1.807) is 0 Å². The first-order valence-electron chi connectivity index (χ1n) is 10.5. The zero-order chi connectivity index (χ0) is 21.4. The predicted molar refractivity (Wildman–Crippen MR) is 130 cm³/mol. The number of hydrogen-bond donors (Lipinski definition) is 0. The number of nitriles is 1. The van der Waals surface area contributed by atoms with Crippen LogP contribution in [0, 0.1) is 17.2 Å². The van der Waals surface area contributed by atoms with Crippen LogP contribution in [0.3, 0.4) is 0 Å². The molecule has 0 bridgehead atoms. The van der Waals surface area contributed by atoms with E-state index in [-0.39, 0.29) is 5.92 Å². The lowest BCUT2D eigenvalue weighted by atomic mass is 9.69. The fourth-order valence-corrected chi connectivity index (χ4v) is 4.59. The molecule has 0 aliphatic carbocycles. The molecule has 2 rings (SSSR count). The van der Waals surface area contributed by atoms with E-state index in [1.165, 1.54) is 5.56 Å². The van der Waals surface area contributed by atoms with Crippen LogP contribution < -0.4 is 0 Å². The Morgan fingerprint density at radius 2 is 1.72 bits per heavy atom. The molecule has 0 fully saturated rings. The summed E-state index contributed by atoms with van der Waals surface area (Å²) >= 11 is 7.16. The molecule has 4 heteroatoms. The fraction of sp³-hybridized carbons (Fsp3) is 0.480. The molecule has 0 saturated carbocycles. The monoisotopic (exact) mass is 518 g/mol. The minimum absolute atomic E-state index is 0.238. The third-order valence-corrected chi connectivity index (χ3v) is 7.82. The normalized spacial score (nSPS) is 14.6. The highest BCUT2D eigenvalue weighted by Crippen LogP contribution is 2.39. The Morgan fingerprint density at radius 1 is 1.03 bits per heavy atom. The van der Waals surface area contributed by atoms with Crippen molar-refractivity contribution in [2.75, 3.05) is 6.54 Å². The highest BCUT2D eigenvalue weighted by molar-refractivity contribution is 9.13. The van der Waals surface area contributed by atoms with Crippen LogP contribution in [0.2, 0.25) is 0 Å². The van der Waals surface area contributed by atoms with Gasteiger partial charge >= 0.3 is 0 Å². The van der Waals surface area contributed by atoms with Crippen molar-refractivity contribution in [2.24, 2.45) is 5.92 Å². The molecule has 0 heterocycles. The second-order valence-corrected chi connectivity index (χ2v) is 9.92. The fourth-order valence-electron chi connectivity index (χ4n) is 3.97. The molecule has 29 heavy (non-hydrogen) atoms. The molecule has 2 aromatic carbocycles. The summed E-state index contributed by atoms with van der Waals surface area (Å²) in [6, 6.07) is 20.0. The van der Waals surface area contributed by atoms with Crippen LogP contribution >= 0.6 is 31.9 Å². The van der Waals surface area contributed by atoms with Crippen molar-refractivity contribution in [1.29, 1.82) is 5.26 Å². The minimum atomic E-state index is -0.484. The Hall–Kier alpha value is -1.15. The molecule has 0 aliphatic rings. The largest absolute Gasteiger partial charge is 0.296 e. The van der Waals surface area contributed by atoms with E-state index in [4.69, 9.17) is 0 Å². The highest BCUT2D eigenvalue weighted by atomic mass is 79.9. The predicted octanol–water partition coefficient (Wildman–Crippen LogP) is 7.71. The van der Waals surface area contributed by atoms with Gasteiger partial charge in [0.25, 0.3) is 0 Å². The molecule has 0 N–H and O–H groups in total. The first kappa shape index (κ1) is 24.1. The van der Waals surface area contributed by atoms with Crippen molar-refractivity contribution >= 4 is 31.9 Å². The van der Waals surface area contributed by atoms with Gasteiger partial charge in [-0.15, -0.1) is 0 Å². The highest BCUT2D eigenvalue weighted by Gasteiger charge is 2.36. The van der Waals surface area contributed by atoms with Crippen molar-refractivity contribution in [2.45, 2.75) is 65.0 Å². The Morgan fingerprint density at radius 3 is 2.28 bits per heavy atom. The zero-order valence-corrected chi connectivity index (χ0v) is 21.1. The van der Waals surface area contributed by atoms with Gasteiger partial charge in [-0.3, -0.25) is 4.90 Å². The van der Waals surface area contributed by atoms with Crippen LogP contribution in [0.15, 0.2) is 57.5 Å². The maximum absolute atomic E-state index is 10.3. The Labute approximate surface area is 193 Å². The Kier molecular flexibility index (Phi) is 9.40. The summed E-state index contributed by atoms with van der Waals surface area (Å²) < 4.78 is 2.02. The van der Waals surface area contributed by atoms with Gasteiger partial charge in [-0.05, 0) is 93.8 Å². The van der Waals surface area contributed by atoms with Gasteiger partial charge in [-0.2, -0.15) is 5.26 Å². The van der Waals surface area contributed by atoms with Gasteiger partial charge in [-0.25, -0.2) is 0 Å². The maximum atomic E-state index is 10.3. The average molecular weight is 520 g/mol. The van der Waals surface area contributed by atoms with E-state index in [9.17, 15) is 5.26 Å². The summed E-state index contributed by atoms with van der Waals surface area (Å²) in [7, 11) is 0. The number of rotatable bonds is 10. The maximum Gasteiger partial charge on any atom is 0.0846 e. The molecule has 0 radical (unpaired) electrons. The molecule has 0 spiro atoms. The van der Waals surface area contributed by atoms with Crippen molar-refractivity contribution < 1.29 is 0 Å². The van der Waals surface area contributed by atoms with Crippen LogP contribution in [0.25, 0.3) is 0 Å². The lowest BCUT2D eigenvalue weighted by Crippen LogP contribution is -2.37. The number of halogens is 2. The average Bonchev–Trinajstić information content (AvgIpc) is 2.71. The van der Waals surface area contributed by atoms with Crippen LogP contribution in [0.5, 0.6) is 0 Å². The summed E-state index contributed by atoms with van der Waals surface area (Å²) in [6.07, 6.45) is 2.97. The standard InChI is InChI=1S/C25H32Br2N2/c1-5-15-29(17-21-9-7-6-8-10-21)20(4)13-14-25(18-28,19(2)3)22-11-12-23(26)24(27)16-22/h6-12,16,19-20H,5,13-15,17H2,1-4H3. The van der Waals surface area contributed by atoms with Crippen molar-refractivity contribution in [3.05, 3.63) is 68.6 Å². The van der Waals surface area contributed by atoms with Crippen LogP contribution in [0.1, 0.15) is 58.1 Å². The van der Waals surface area contributed by atoms with E-state index in [2.05, 4.69) is 113 Å². The number of nitrogens with zero attached hydrogens (tertiary/aromatic N) is 2. The van der Waals surface area contributed by atoms with E-state index in [0.29, 0.717) is 6.04 Å². The topological polar surface area (TPSA) is 27.0 Å². The summed E-state index contributed by atoms with van der Waals surface area (Å²) in [5.41, 5.74) is 1.96. The third-order valence-electron chi connectivity index (χ3n) is 5.94. The summed E-state index contributed by atoms with van der Waals surface area (Å²) in [5, 5.41) is 10.3. The molecule has 2 aromatic rings. The van der Waals surface area contributed by atoms with Gasteiger partial charge < -0.3 is 0 Å². The molecule has 156 valence electrons. The quantitative estimate of drug-likeness (QED) is 0.321. The van der Waals surface area contributed by atoms with Gasteiger partial charge in [0.15, 0.2) is 0 Å². The summed E-state index contributed by atoms with van der Waals surface area (Å²) in [5.74, 6) is 0.238. The van der Waals surface area contributed by atoms with Gasteiger partial charge in [0.1, 0.15) is 0 Å². The van der Waals surface area contributed by atoms with Gasteiger partial charge in [0.2, 0.25) is 0 Å². The molecule has 0 aromatic heterocycles. The van der Waals surface area contributed by atoms with Gasteiger partial charge in [-0.1, -0.05) is 57.2 Å². The van der Waals surface area contributed by atoms with E-state index in [1.807, 2.05) is 6.07 Å². The van der Waals surface area contributed by atoms with Crippen LogP contribution in [0.4, 0.5) is 0 Å². The second-order valence-electron chi connectivity index (χ2n) is 8.21. The Bertz CT molecular complexity index is 813. The minimum Gasteiger partial charge on any atom is -0.296 e. The summed E-state index contributed by atoms with van der Waals surface area (Å²) in [4.78, 5) is 2.55. The molecule has 2 unspecified atom stereocenters. The SMILES string of the molecule is CCCN(Cc1ccccc1)C(C)CCC(C#N)(c1ccc(Br)c(Br)c1)C(C)C. The van der Waals surface area contributed by atoms with Crippen molar-refractivity contribution in [3.63, 3.8) is 0 Å². The van der Waals surface area contributed by atoms with Crippen LogP contribution in [-0.2, 0) is 12.0 Å². The van der Waals surface area contributed by atoms with E-state index in [0.717, 1.165) is 46.9 Å². The molecular weight excluding hydrogens is 488 g/mol. The third kappa shape index (κ3) is 6.17.